The van der Waals surface area contributed by atoms with Crippen molar-refractivity contribution in [3.8, 4) is 11.8 Å². The number of urea groups is 1. The molecule has 1 heterocycles. The molecule has 3 rings (SSSR count). The maximum atomic E-state index is 13.2. The lowest BCUT2D eigenvalue weighted by atomic mass is 9.98. The fourth-order valence-corrected chi connectivity index (χ4v) is 3.68. The molecule has 2 amide bonds. The van der Waals surface area contributed by atoms with Gasteiger partial charge in [-0.15, -0.1) is 13.2 Å². The first-order chi connectivity index (χ1) is 18.3. The van der Waals surface area contributed by atoms with Crippen LogP contribution < -0.4 is 15.0 Å². The van der Waals surface area contributed by atoms with Crippen molar-refractivity contribution in [3.05, 3.63) is 77.1 Å². The third-order valence-corrected chi connectivity index (χ3v) is 5.47. The van der Waals surface area contributed by atoms with Gasteiger partial charge < -0.3 is 15.5 Å². The van der Waals surface area contributed by atoms with Gasteiger partial charge in [-0.2, -0.15) is 23.5 Å². The van der Waals surface area contributed by atoms with Crippen molar-refractivity contribution in [2.75, 3.05) is 18.0 Å². The number of anilines is 1. The van der Waals surface area contributed by atoms with E-state index in [9.17, 15) is 31.1 Å². The Morgan fingerprint density at radius 3 is 2.44 bits per heavy atom. The molecule has 0 fully saturated rings. The highest BCUT2D eigenvalue weighted by molar-refractivity contribution is 6.30. The molecule has 0 aliphatic heterocycles. The Morgan fingerprint density at radius 1 is 1.18 bits per heavy atom. The summed E-state index contributed by atoms with van der Waals surface area (Å²) in [5, 5.41) is 24.5. The molecule has 206 valence electrons. The van der Waals surface area contributed by atoms with Gasteiger partial charge in [0.1, 0.15) is 12.3 Å². The largest absolute Gasteiger partial charge is 0.573 e. The number of amides is 2. The van der Waals surface area contributed by atoms with Crippen LogP contribution in [0.15, 0.2) is 60.9 Å². The Balaban J connectivity index is 1.74. The monoisotopic (exact) mass is 572 g/mol. The van der Waals surface area contributed by atoms with Crippen molar-refractivity contribution in [1.82, 2.24) is 15.1 Å². The number of hydrogen-bond acceptors (Lipinski definition) is 5. The number of halogens is 7. The molecule has 8 nitrogen and oxygen atoms in total. The topological polar surface area (TPSA) is 107 Å². The second-order valence-corrected chi connectivity index (χ2v) is 8.39. The first-order valence-corrected chi connectivity index (χ1v) is 11.4. The van der Waals surface area contributed by atoms with Crippen molar-refractivity contribution in [1.29, 1.82) is 10.7 Å². The van der Waals surface area contributed by atoms with Gasteiger partial charge in [0, 0.05) is 18.4 Å². The predicted octanol–water partition coefficient (Wildman–Crippen LogP) is 6.19. The van der Waals surface area contributed by atoms with E-state index in [0.29, 0.717) is 0 Å². The van der Waals surface area contributed by atoms with Crippen LogP contribution in [0.2, 0.25) is 5.02 Å². The number of carbonyl (C=O) groups excluding carboxylic acids is 1. The molecule has 0 radical (unpaired) electrons. The molecule has 0 saturated carbocycles. The van der Waals surface area contributed by atoms with Crippen LogP contribution in [0.3, 0.4) is 0 Å². The number of nitrogens with one attached hydrogen (secondary N) is 2. The van der Waals surface area contributed by atoms with Gasteiger partial charge in [0.2, 0.25) is 0 Å². The third-order valence-electron chi connectivity index (χ3n) is 5.27. The van der Waals surface area contributed by atoms with E-state index >= 15 is 0 Å². The molecular formula is C24H19ClF6N6O2. The minimum atomic E-state index is -4.90. The summed E-state index contributed by atoms with van der Waals surface area (Å²) in [6.07, 6.45) is -6.86. The molecule has 1 aromatic heterocycles. The van der Waals surface area contributed by atoms with Gasteiger partial charge in [-0.1, -0.05) is 23.7 Å². The van der Waals surface area contributed by atoms with Gasteiger partial charge in [0.05, 0.1) is 34.6 Å². The Labute approximate surface area is 222 Å². The summed E-state index contributed by atoms with van der Waals surface area (Å²) in [4.78, 5) is 13.8. The average Bonchev–Trinajstić information content (AvgIpc) is 3.29. The zero-order chi connectivity index (χ0) is 28.8. The molecule has 0 aliphatic rings. The maximum absolute atomic E-state index is 13.2. The number of nitrogens with zero attached hydrogens (tertiary/aromatic N) is 4. The fraction of sp³-hybridized carbons (Fsp3) is 0.250. The predicted molar refractivity (Wildman–Crippen MR) is 129 cm³/mol. The molecule has 1 atom stereocenters. The quantitative estimate of drug-likeness (QED) is 0.181. The zero-order valence-electron chi connectivity index (χ0n) is 19.7. The molecule has 1 unspecified atom stereocenters. The van der Waals surface area contributed by atoms with Gasteiger partial charge in [-0.25, -0.2) is 4.79 Å². The van der Waals surface area contributed by atoms with E-state index in [4.69, 9.17) is 22.3 Å². The first-order valence-electron chi connectivity index (χ1n) is 11.0. The summed E-state index contributed by atoms with van der Waals surface area (Å²) in [6, 6.07) is 8.60. The normalized spacial score (nSPS) is 12.4. The number of benzene rings is 2. The summed E-state index contributed by atoms with van der Waals surface area (Å²) in [5.41, 5.74) is -1.06. The van der Waals surface area contributed by atoms with E-state index < -0.39 is 42.5 Å². The Morgan fingerprint density at radius 2 is 1.87 bits per heavy atom. The van der Waals surface area contributed by atoms with E-state index in [1.54, 1.807) is 6.07 Å². The average molecular weight is 573 g/mol. The highest BCUT2D eigenvalue weighted by Crippen LogP contribution is 2.31. The molecule has 15 heteroatoms. The van der Waals surface area contributed by atoms with Crippen LogP contribution in [-0.4, -0.2) is 41.0 Å². The molecule has 0 spiro atoms. The number of ether oxygens (including phenoxy) is 1. The summed E-state index contributed by atoms with van der Waals surface area (Å²) in [6.45, 7) is -0.553. The summed E-state index contributed by atoms with van der Waals surface area (Å²) < 4.78 is 81.8. The van der Waals surface area contributed by atoms with Crippen LogP contribution in [0.4, 0.5) is 36.8 Å². The standard InChI is InChI=1S/C24H19ClF6N6O2/c25-17-13-35-37(14-17)20(21(33)15-2-1-3-16(12-15)23(26,27)28)8-10-34-22(38)36(11-9-32)18-4-6-19(7-5-18)39-24(29,30)31/h1-7,12-14,20,33H,8,10-11H2,(H,34,38). The molecule has 0 aliphatic carbocycles. The smallest absolute Gasteiger partial charge is 0.406 e. The fourth-order valence-electron chi connectivity index (χ4n) is 3.54. The molecule has 3 aromatic rings. The second kappa shape index (κ2) is 12.1. The Hall–Kier alpha value is -4.25. The maximum Gasteiger partial charge on any atom is 0.573 e. The number of hydrogen-bond donors (Lipinski definition) is 2. The van der Waals surface area contributed by atoms with Gasteiger partial charge in [-0.05, 0) is 48.4 Å². The van der Waals surface area contributed by atoms with Crippen molar-refractivity contribution in [2.24, 2.45) is 0 Å². The number of aromatic nitrogens is 2. The van der Waals surface area contributed by atoms with Gasteiger partial charge in [0.15, 0.2) is 0 Å². The molecule has 2 aromatic carbocycles. The van der Waals surface area contributed by atoms with Crippen LogP contribution in [0.25, 0.3) is 0 Å². The van der Waals surface area contributed by atoms with Crippen molar-refractivity contribution < 1.29 is 35.9 Å². The number of carbonyl (C=O) groups is 1. The van der Waals surface area contributed by atoms with Crippen LogP contribution in [0, 0.1) is 16.7 Å². The second-order valence-electron chi connectivity index (χ2n) is 7.95. The number of nitriles is 1. The lowest BCUT2D eigenvalue weighted by Gasteiger charge is -2.23. The molecular weight excluding hydrogens is 554 g/mol. The Bertz CT molecular complexity index is 1350. The van der Waals surface area contributed by atoms with Crippen LogP contribution >= 0.6 is 11.6 Å². The van der Waals surface area contributed by atoms with Crippen molar-refractivity contribution >= 4 is 29.0 Å². The van der Waals surface area contributed by atoms with Gasteiger partial charge in [-0.3, -0.25) is 9.58 Å². The summed E-state index contributed by atoms with van der Waals surface area (Å²) >= 11 is 5.93. The van der Waals surface area contributed by atoms with E-state index in [0.717, 1.165) is 41.3 Å². The summed E-state index contributed by atoms with van der Waals surface area (Å²) in [7, 11) is 0. The van der Waals surface area contributed by atoms with E-state index in [2.05, 4.69) is 15.2 Å². The zero-order valence-corrected chi connectivity index (χ0v) is 20.5. The lowest BCUT2D eigenvalue weighted by molar-refractivity contribution is -0.274. The Kier molecular flexibility index (Phi) is 9.08. The highest BCUT2D eigenvalue weighted by Gasteiger charge is 2.32. The van der Waals surface area contributed by atoms with E-state index in [1.165, 1.54) is 29.2 Å². The molecule has 0 saturated heterocycles. The molecule has 2 N–H and O–H groups in total. The molecule has 39 heavy (non-hydrogen) atoms. The van der Waals surface area contributed by atoms with Crippen molar-refractivity contribution in [2.45, 2.75) is 25.0 Å². The first kappa shape index (κ1) is 29.3. The van der Waals surface area contributed by atoms with Crippen LogP contribution in [-0.2, 0) is 6.18 Å². The number of alkyl halides is 6. The van der Waals surface area contributed by atoms with Crippen LogP contribution in [0.1, 0.15) is 23.6 Å². The van der Waals surface area contributed by atoms with Crippen molar-refractivity contribution in [3.63, 3.8) is 0 Å². The number of rotatable bonds is 9. The highest BCUT2D eigenvalue weighted by atomic mass is 35.5. The van der Waals surface area contributed by atoms with Gasteiger partial charge >= 0.3 is 18.6 Å². The van der Waals surface area contributed by atoms with Crippen LogP contribution in [0.5, 0.6) is 5.75 Å². The summed E-state index contributed by atoms with van der Waals surface area (Å²) in [5.74, 6) is -0.516. The van der Waals surface area contributed by atoms with E-state index in [1.807, 2.05) is 0 Å². The SMILES string of the molecule is N#CCN(C(=O)NCCC(C(=N)c1cccc(C(F)(F)F)c1)n1cc(Cl)cn1)c1ccc(OC(F)(F)F)cc1. The molecule has 0 bridgehead atoms. The minimum absolute atomic E-state index is 0.00240. The minimum Gasteiger partial charge on any atom is -0.406 e. The third kappa shape index (κ3) is 8.11. The van der Waals surface area contributed by atoms with Gasteiger partial charge in [0.25, 0.3) is 0 Å². The lowest BCUT2D eigenvalue weighted by Crippen LogP contribution is -2.41. The van der Waals surface area contributed by atoms with E-state index in [-0.39, 0.29) is 35.0 Å².